The summed E-state index contributed by atoms with van der Waals surface area (Å²) in [7, 11) is 2.47. The van der Waals surface area contributed by atoms with E-state index in [2.05, 4.69) is 25.8 Å². The van der Waals surface area contributed by atoms with Gasteiger partial charge in [0.1, 0.15) is 6.04 Å². The predicted molar refractivity (Wildman–Crippen MR) is 147 cm³/mol. The zero-order valence-electron chi connectivity index (χ0n) is 24.7. The van der Waals surface area contributed by atoms with Gasteiger partial charge in [0, 0.05) is 24.8 Å². The van der Waals surface area contributed by atoms with Crippen molar-refractivity contribution in [2.75, 3.05) is 33.2 Å². The normalized spacial score (nSPS) is 48.7. The maximum absolute atomic E-state index is 12.4. The zero-order chi connectivity index (χ0) is 26.0. The van der Waals surface area contributed by atoms with Crippen LogP contribution in [0.3, 0.4) is 0 Å². The topological polar surface area (TPSA) is 49.8 Å². The van der Waals surface area contributed by atoms with Gasteiger partial charge < -0.3 is 31.3 Å². The fourth-order valence-electron chi connectivity index (χ4n) is 11.4. The number of esters is 1. The van der Waals surface area contributed by atoms with Crippen LogP contribution in [0, 0.1) is 34.5 Å². The Morgan fingerprint density at radius 1 is 0.921 bits per heavy atom. The van der Waals surface area contributed by atoms with E-state index in [0.29, 0.717) is 29.3 Å². The van der Waals surface area contributed by atoms with Crippen LogP contribution in [-0.2, 0) is 9.53 Å². The van der Waals surface area contributed by atoms with Crippen LogP contribution in [0.2, 0.25) is 0 Å². The van der Waals surface area contributed by atoms with Gasteiger partial charge in [-0.15, -0.1) is 0 Å². The van der Waals surface area contributed by atoms with E-state index >= 15 is 0 Å². The molecule has 0 aromatic heterocycles. The lowest BCUT2D eigenvalue weighted by atomic mass is 9.44. The van der Waals surface area contributed by atoms with E-state index in [9.17, 15) is 9.90 Å². The molecule has 2 aliphatic heterocycles. The molecule has 0 bridgehead atoms. The number of aliphatic hydroxyl groups is 1. The number of carbonyl (C=O) groups is 1. The highest BCUT2D eigenvalue weighted by molar-refractivity contribution is 5.66. The molecule has 0 aromatic rings. The van der Waals surface area contributed by atoms with Crippen molar-refractivity contribution in [3.8, 4) is 0 Å². The SMILES string of the molecule is CC(=O)OC1C([N+]2(C)CCCCC2)C[C@H]2[C@@H]3CCC4CC(O)C(N5CCCCC5)C[C@]4(C)[C@@H]3CC[C@]12C.[Br-]. The van der Waals surface area contributed by atoms with Crippen LogP contribution in [0.1, 0.15) is 104 Å². The fourth-order valence-corrected chi connectivity index (χ4v) is 11.4. The highest BCUT2D eigenvalue weighted by Crippen LogP contribution is 2.67. The molecule has 0 aromatic carbocycles. The van der Waals surface area contributed by atoms with Gasteiger partial charge in [-0.3, -0.25) is 9.69 Å². The summed E-state index contributed by atoms with van der Waals surface area (Å²) in [6, 6.07) is 0.814. The predicted octanol–water partition coefficient (Wildman–Crippen LogP) is 2.40. The first-order valence-electron chi connectivity index (χ1n) is 16.1. The first-order valence-corrected chi connectivity index (χ1v) is 16.1. The number of piperidine rings is 2. The lowest BCUT2D eigenvalue weighted by molar-refractivity contribution is -0.940. The molecule has 6 fully saturated rings. The van der Waals surface area contributed by atoms with E-state index in [1.807, 2.05) is 0 Å². The molecule has 5 nitrogen and oxygen atoms in total. The van der Waals surface area contributed by atoms with Gasteiger partial charge in [-0.25, -0.2) is 0 Å². The van der Waals surface area contributed by atoms with Gasteiger partial charge in [0.25, 0.3) is 0 Å². The summed E-state index contributed by atoms with van der Waals surface area (Å²) in [5, 5.41) is 11.3. The number of likely N-dealkylation sites (N-methyl/N-ethyl adjacent to an activating group) is 1. The number of quaternary nitrogens is 1. The molecule has 38 heavy (non-hydrogen) atoms. The van der Waals surface area contributed by atoms with Crippen molar-refractivity contribution in [3.63, 3.8) is 0 Å². The third kappa shape index (κ3) is 4.73. The van der Waals surface area contributed by atoms with Crippen LogP contribution in [0.25, 0.3) is 0 Å². The molecule has 4 aliphatic carbocycles. The molecule has 5 unspecified atom stereocenters. The average molecular weight is 596 g/mol. The molecular weight excluding hydrogens is 540 g/mol. The standard InChI is InChI=1S/C32H55N2O3.BrH/c1-22(35)37-30-28(34(4)17-9-6-10-18-34)20-26-24-12-11-23-19-29(36)27(33-15-7-5-8-16-33)21-32(23,3)25(24)13-14-31(26,30)2;/h23-30,36H,5-21H2,1-4H3;1H/q+1;/p-1/t23?,24-,25-,26+,27?,28?,29?,30?,31+,32+;/m1./s1. The number of halogens is 1. The van der Waals surface area contributed by atoms with E-state index < -0.39 is 0 Å². The van der Waals surface area contributed by atoms with Gasteiger partial charge >= 0.3 is 5.97 Å². The molecule has 6 rings (SSSR count). The lowest BCUT2D eigenvalue weighted by Gasteiger charge is -2.62. The number of nitrogens with zero attached hydrogens (tertiary/aromatic N) is 2. The molecule has 0 spiro atoms. The second-order valence-electron chi connectivity index (χ2n) is 15.2. The first-order chi connectivity index (χ1) is 17.7. The van der Waals surface area contributed by atoms with E-state index in [1.54, 1.807) is 6.92 Å². The molecule has 0 amide bonds. The Kier molecular flexibility index (Phi) is 8.42. The van der Waals surface area contributed by atoms with Crippen molar-refractivity contribution in [1.82, 2.24) is 4.90 Å². The van der Waals surface area contributed by atoms with E-state index in [0.717, 1.165) is 22.7 Å². The zero-order valence-corrected chi connectivity index (χ0v) is 26.3. The average Bonchev–Trinajstić information content (AvgIpc) is 3.17. The monoisotopic (exact) mass is 594 g/mol. The number of hydrogen-bond donors (Lipinski definition) is 1. The Bertz CT molecular complexity index is 858. The number of ether oxygens (including phenoxy) is 1. The number of hydrogen-bond acceptors (Lipinski definition) is 4. The number of aliphatic hydroxyl groups excluding tert-OH is 1. The maximum Gasteiger partial charge on any atom is 0.303 e. The summed E-state index contributed by atoms with van der Waals surface area (Å²) in [6.07, 6.45) is 16.4. The van der Waals surface area contributed by atoms with Crippen LogP contribution < -0.4 is 17.0 Å². The third-order valence-corrected chi connectivity index (χ3v) is 13.4. The molecule has 1 N–H and O–H groups in total. The van der Waals surface area contributed by atoms with E-state index in [4.69, 9.17) is 4.74 Å². The third-order valence-electron chi connectivity index (χ3n) is 13.4. The molecule has 10 atom stereocenters. The molecule has 6 heteroatoms. The van der Waals surface area contributed by atoms with E-state index in [-0.39, 0.29) is 40.6 Å². The molecule has 2 heterocycles. The Morgan fingerprint density at radius 3 is 2.29 bits per heavy atom. The summed E-state index contributed by atoms with van der Waals surface area (Å²) < 4.78 is 7.46. The number of rotatable bonds is 3. The molecule has 4 saturated carbocycles. The number of carbonyl (C=O) groups excluding carboxylic acids is 1. The molecule has 218 valence electrons. The Hall–Kier alpha value is -0.170. The Morgan fingerprint density at radius 2 is 1.61 bits per heavy atom. The Labute approximate surface area is 242 Å². The van der Waals surface area contributed by atoms with E-state index in [1.165, 1.54) is 103 Å². The van der Waals surface area contributed by atoms with Gasteiger partial charge in [-0.05, 0) is 113 Å². The van der Waals surface area contributed by atoms with Crippen molar-refractivity contribution in [1.29, 1.82) is 0 Å². The fraction of sp³-hybridized carbons (Fsp3) is 0.969. The van der Waals surface area contributed by atoms with Crippen LogP contribution in [0.5, 0.6) is 0 Å². The number of fused-ring (bicyclic) bond motifs is 5. The van der Waals surface area contributed by atoms with Gasteiger partial charge in [0.2, 0.25) is 0 Å². The van der Waals surface area contributed by atoms with Crippen LogP contribution in [0.15, 0.2) is 0 Å². The minimum atomic E-state index is -0.144. The van der Waals surface area contributed by atoms with Gasteiger partial charge in [0.15, 0.2) is 6.10 Å². The largest absolute Gasteiger partial charge is 1.00 e. The highest BCUT2D eigenvalue weighted by atomic mass is 79.9. The second-order valence-corrected chi connectivity index (χ2v) is 15.2. The molecule has 6 aliphatic rings. The molecule has 2 saturated heterocycles. The highest BCUT2D eigenvalue weighted by Gasteiger charge is 2.67. The Balaban J connectivity index is 0.00000294. The van der Waals surface area contributed by atoms with Crippen molar-refractivity contribution >= 4 is 5.97 Å². The molecule has 0 radical (unpaired) electrons. The van der Waals surface area contributed by atoms with Crippen molar-refractivity contribution in [2.45, 2.75) is 129 Å². The summed E-state index contributed by atoms with van der Waals surface area (Å²) in [5.74, 6) is 2.76. The van der Waals surface area contributed by atoms with Gasteiger partial charge in [-0.2, -0.15) is 0 Å². The van der Waals surface area contributed by atoms with Crippen LogP contribution in [0.4, 0.5) is 0 Å². The van der Waals surface area contributed by atoms with Gasteiger partial charge in [-0.1, -0.05) is 20.3 Å². The quantitative estimate of drug-likeness (QED) is 0.403. The minimum absolute atomic E-state index is 0. The first kappa shape index (κ1) is 29.3. The second kappa shape index (κ2) is 10.9. The smallest absolute Gasteiger partial charge is 0.303 e. The summed E-state index contributed by atoms with van der Waals surface area (Å²) in [4.78, 5) is 15.1. The maximum atomic E-state index is 12.4. The lowest BCUT2D eigenvalue weighted by Crippen LogP contribution is -3.00. The van der Waals surface area contributed by atoms with Crippen molar-refractivity contribution < 1.29 is 36.1 Å². The van der Waals surface area contributed by atoms with Crippen molar-refractivity contribution in [3.05, 3.63) is 0 Å². The summed E-state index contributed by atoms with van der Waals surface area (Å²) in [6.45, 7) is 11.6. The van der Waals surface area contributed by atoms with Crippen molar-refractivity contribution in [2.24, 2.45) is 34.5 Å². The summed E-state index contributed by atoms with van der Waals surface area (Å²) >= 11 is 0. The minimum Gasteiger partial charge on any atom is -1.00 e. The van der Waals surface area contributed by atoms with Crippen LogP contribution >= 0.6 is 0 Å². The summed E-state index contributed by atoms with van der Waals surface area (Å²) in [5.41, 5.74) is 0.448. The number of likely N-dealkylation sites (tertiary alicyclic amines) is 2. The van der Waals surface area contributed by atoms with Crippen LogP contribution in [-0.4, -0.2) is 78.0 Å². The molecular formula is C32H55BrN2O3. The van der Waals surface area contributed by atoms with Gasteiger partial charge in [0.05, 0.1) is 26.2 Å².